The highest BCUT2D eigenvalue weighted by Crippen LogP contribution is 2.30. The molecule has 1 atom stereocenters. The Morgan fingerprint density at radius 1 is 1.39 bits per heavy atom. The van der Waals surface area contributed by atoms with Gasteiger partial charge in [0.05, 0.1) is 7.11 Å². The van der Waals surface area contributed by atoms with E-state index < -0.39 is 5.54 Å². The zero-order valence-corrected chi connectivity index (χ0v) is 11.9. The van der Waals surface area contributed by atoms with E-state index in [0.717, 1.165) is 19.5 Å². The highest BCUT2D eigenvalue weighted by molar-refractivity contribution is 5.80. The molecular weight excluding hydrogens is 228 g/mol. The number of rotatable bonds is 8. The fourth-order valence-electron chi connectivity index (χ4n) is 2.60. The fourth-order valence-corrected chi connectivity index (χ4v) is 2.60. The molecule has 1 N–H and O–H groups in total. The van der Waals surface area contributed by atoms with Gasteiger partial charge in [-0.25, -0.2) is 0 Å². The van der Waals surface area contributed by atoms with Gasteiger partial charge >= 0.3 is 5.97 Å². The highest BCUT2D eigenvalue weighted by Gasteiger charge is 2.43. The second kappa shape index (κ2) is 5.57. The Balaban J connectivity index is 1.99. The van der Waals surface area contributed by atoms with Crippen LogP contribution in [0, 0.1) is 0 Å². The van der Waals surface area contributed by atoms with Gasteiger partial charge < -0.3 is 4.74 Å². The van der Waals surface area contributed by atoms with Gasteiger partial charge in [0.15, 0.2) is 0 Å². The van der Waals surface area contributed by atoms with Crippen molar-refractivity contribution in [2.24, 2.45) is 0 Å². The molecule has 0 heterocycles. The smallest absolute Gasteiger partial charge is 0.327 e. The molecular formula is C14H26N2O2. The van der Waals surface area contributed by atoms with Gasteiger partial charge in [0.1, 0.15) is 5.54 Å². The van der Waals surface area contributed by atoms with Gasteiger partial charge in [-0.3, -0.25) is 15.0 Å². The average molecular weight is 254 g/mol. The van der Waals surface area contributed by atoms with Crippen molar-refractivity contribution in [3.05, 3.63) is 0 Å². The number of hydrogen-bond donors (Lipinski definition) is 1. The minimum atomic E-state index is -0.548. The Morgan fingerprint density at radius 2 is 2.06 bits per heavy atom. The quantitative estimate of drug-likeness (QED) is 0.667. The van der Waals surface area contributed by atoms with Gasteiger partial charge in [-0.2, -0.15) is 0 Å². The van der Waals surface area contributed by atoms with E-state index in [9.17, 15) is 4.79 Å². The molecule has 2 fully saturated rings. The van der Waals surface area contributed by atoms with Crippen LogP contribution in [0.4, 0.5) is 0 Å². The fraction of sp³-hybridized carbons (Fsp3) is 0.929. The van der Waals surface area contributed by atoms with Crippen LogP contribution in [0.2, 0.25) is 0 Å². The molecule has 0 aliphatic heterocycles. The Morgan fingerprint density at radius 3 is 2.50 bits per heavy atom. The van der Waals surface area contributed by atoms with Crippen LogP contribution in [0.3, 0.4) is 0 Å². The number of hydrogen-bond acceptors (Lipinski definition) is 4. The summed E-state index contributed by atoms with van der Waals surface area (Å²) in [5, 5.41) is 3.47. The van der Waals surface area contributed by atoms with Crippen molar-refractivity contribution in [3.8, 4) is 0 Å². The summed E-state index contributed by atoms with van der Waals surface area (Å²) in [5.41, 5.74) is -0.548. The van der Waals surface area contributed by atoms with E-state index in [1.165, 1.54) is 32.8 Å². The van der Waals surface area contributed by atoms with Gasteiger partial charge in [0.25, 0.3) is 0 Å². The van der Waals surface area contributed by atoms with Crippen LogP contribution in [0.5, 0.6) is 0 Å². The van der Waals surface area contributed by atoms with Crippen molar-refractivity contribution in [1.82, 2.24) is 10.2 Å². The second-order valence-electron chi connectivity index (χ2n) is 5.94. The van der Waals surface area contributed by atoms with E-state index in [0.29, 0.717) is 12.1 Å². The summed E-state index contributed by atoms with van der Waals surface area (Å²) >= 11 is 0. The summed E-state index contributed by atoms with van der Waals surface area (Å²) < 4.78 is 5.00. The molecule has 18 heavy (non-hydrogen) atoms. The topological polar surface area (TPSA) is 41.6 Å². The molecule has 2 aliphatic rings. The summed E-state index contributed by atoms with van der Waals surface area (Å²) in [6.45, 7) is 6.03. The van der Waals surface area contributed by atoms with Crippen molar-refractivity contribution in [2.75, 3.05) is 20.2 Å². The summed E-state index contributed by atoms with van der Waals surface area (Å²) in [7, 11) is 1.48. The molecule has 0 spiro atoms. The van der Waals surface area contributed by atoms with Crippen LogP contribution >= 0.6 is 0 Å². The van der Waals surface area contributed by atoms with Crippen molar-refractivity contribution in [1.29, 1.82) is 0 Å². The third-order valence-electron chi connectivity index (χ3n) is 3.83. The lowest BCUT2D eigenvalue weighted by molar-refractivity contribution is -0.149. The minimum absolute atomic E-state index is 0.129. The van der Waals surface area contributed by atoms with Crippen LogP contribution in [-0.2, 0) is 9.53 Å². The summed E-state index contributed by atoms with van der Waals surface area (Å²) in [5.74, 6) is -0.129. The number of ether oxygens (including phenoxy) is 1. The van der Waals surface area contributed by atoms with Crippen LogP contribution in [-0.4, -0.2) is 48.7 Å². The molecule has 4 heteroatoms. The number of carbonyl (C=O) groups is 1. The zero-order valence-electron chi connectivity index (χ0n) is 11.9. The van der Waals surface area contributed by atoms with Crippen molar-refractivity contribution in [2.45, 2.75) is 63.6 Å². The maximum absolute atomic E-state index is 12.1. The van der Waals surface area contributed by atoms with E-state index in [1.54, 1.807) is 0 Å². The summed E-state index contributed by atoms with van der Waals surface area (Å²) in [6.07, 6.45) is 6.06. The van der Waals surface area contributed by atoms with Gasteiger partial charge in [0, 0.05) is 18.6 Å². The average Bonchev–Trinajstić information content (AvgIpc) is 3.20. The van der Waals surface area contributed by atoms with Crippen molar-refractivity contribution < 1.29 is 9.53 Å². The molecule has 2 rings (SSSR count). The lowest BCUT2D eigenvalue weighted by Crippen LogP contribution is -2.58. The molecule has 2 aliphatic carbocycles. The summed E-state index contributed by atoms with van der Waals surface area (Å²) in [4.78, 5) is 14.5. The van der Waals surface area contributed by atoms with E-state index in [1.807, 2.05) is 6.92 Å². The van der Waals surface area contributed by atoms with Crippen LogP contribution in [0.15, 0.2) is 0 Å². The van der Waals surface area contributed by atoms with Crippen LogP contribution < -0.4 is 5.32 Å². The standard InChI is InChI=1S/C14H26N2O2/c1-4-9-16(12-7-8-12)10-14(2,13(17)18-3)15-11-5-6-11/h11-12,15H,4-10H2,1-3H3. The first-order valence-corrected chi connectivity index (χ1v) is 7.19. The zero-order chi connectivity index (χ0) is 13.2. The Hall–Kier alpha value is -0.610. The Bertz CT molecular complexity index is 300. The lowest BCUT2D eigenvalue weighted by Gasteiger charge is -2.34. The first-order chi connectivity index (χ1) is 8.59. The molecule has 0 radical (unpaired) electrons. The van der Waals surface area contributed by atoms with E-state index in [2.05, 4.69) is 17.1 Å². The van der Waals surface area contributed by atoms with Gasteiger partial charge in [-0.05, 0) is 45.6 Å². The summed E-state index contributed by atoms with van der Waals surface area (Å²) in [6, 6.07) is 1.20. The van der Waals surface area contributed by atoms with E-state index in [4.69, 9.17) is 4.74 Å². The largest absolute Gasteiger partial charge is 0.468 e. The van der Waals surface area contributed by atoms with Gasteiger partial charge in [0.2, 0.25) is 0 Å². The Labute approximate surface area is 110 Å². The maximum atomic E-state index is 12.1. The number of carbonyl (C=O) groups excluding carboxylic acids is 1. The van der Waals surface area contributed by atoms with Gasteiger partial charge in [-0.15, -0.1) is 0 Å². The van der Waals surface area contributed by atoms with E-state index >= 15 is 0 Å². The normalized spacial score (nSPS) is 22.9. The molecule has 0 aromatic heterocycles. The molecule has 0 amide bonds. The molecule has 0 aromatic rings. The minimum Gasteiger partial charge on any atom is -0.468 e. The predicted molar refractivity (Wildman–Crippen MR) is 71.5 cm³/mol. The van der Waals surface area contributed by atoms with Crippen LogP contribution in [0.1, 0.15) is 46.0 Å². The molecule has 0 aromatic carbocycles. The first-order valence-electron chi connectivity index (χ1n) is 7.19. The predicted octanol–water partition coefficient (Wildman–Crippen LogP) is 1.54. The Kier molecular flexibility index (Phi) is 4.28. The first kappa shape index (κ1) is 13.8. The molecule has 2 saturated carbocycles. The molecule has 1 unspecified atom stereocenters. The van der Waals surface area contributed by atoms with E-state index in [-0.39, 0.29) is 5.97 Å². The molecule has 4 nitrogen and oxygen atoms in total. The number of nitrogens with zero attached hydrogens (tertiary/aromatic N) is 1. The lowest BCUT2D eigenvalue weighted by atomic mass is 10.0. The number of nitrogens with one attached hydrogen (secondary N) is 1. The maximum Gasteiger partial charge on any atom is 0.327 e. The third kappa shape index (κ3) is 3.45. The molecule has 0 bridgehead atoms. The molecule has 0 saturated heterocycles. The number of esters is 1. The second-order valence-corrected chi connectivity index (χ2v) is 5.94. The van der Waals surface area contributed by atoms with Crippen LogP contribution in [0.25, 0.3) is 0 Å². The van der Waals surface area contributed by atoms with Crippen molar-refractivity contribution in [3.63, 3.8) is 0 Å². The monoisotopic (exact) mass is 254 g/mol. The van der Waals surface area contributed by atoms with Gasteiger partial charge in [-0.1, -0.05) is 6.92 Å². The molecule has 104 valence electrons. The number of methoxy groups -OCH3 is 1. The SMILES string of the molecule is CCCN(CC(C)(NC1CC1)C(=O)OC)C1CC1. The third-order valence-corrected chi connectivity index (χ3v) is 3.83. The van der Waals surface area contributed by atoms with Crippen molar-refractivity contribution >= 4 is 5.97 Å². The highest BCUT2D eigenvalue weighted by atomic mass is 16.5.